The summed E-state index contributed by atoms with van der Waals surface area (Å²) < 4.78 is 0. The summed E-state index contributed by atoms with van der Waals surface area (Å²) >= 11 is 12.3. The zero-order valence-corrected chi connectivity index (χ0v) is 13.9. The number of likely N-dealkylation sites (N-methyl/N-ethyl adjacent to an activating group) is 1. The SMILES string of the molecule is CN(C)C1(CNCc2cccc(Cl)c2Cl)CCCCC1. The highest BCUT2D eigenvalue weighted by Gasteiger charge is 2.33. The first kappa shape index (κ1) is 16.1. The molecule has 0 bridgehead atoms. The zero-order chi connectivity index (χ0) is 14.6. The molecule has 1 N–H and O–H groups in total. The molecule has 1 aliphatic carbocycles. The lowest BCUT2D eigenvalue weighted by Crippen LogP contribution is -2.52. The molecule has 0 spiro atoms. The smallest absolute Gasteiger partial charge is 0.0637 e. The van der Waals surface area contributed by atoms with Crippen LogP contribution in [0.2, 0.25) is 10.0 Å². The van der Waals surface area contributed by atoms with Crippen LogP contribution in [-0.4, -0.2) is 31.1 Å². The van der Waals surface area contributed by atoms with E-state index in [4.69, 9.17) is 23.2 Å². The minimum Gasteiger partial charge on any atom is -0.311 e. The maximum absolute atomic E-state index is 6.23. The fourth-order valence-electron chi connectivity index (χ4n) is 3.11. The van der Waals surface area contributed by atoms with Gasteiger partial charge in [0.15, 0.2) is 0 Å². The zero-order valence-electron chi connectivity index (χ0n) is 12.4. The van der Waals surface area contributed by atoms with Gasteiger partial charge in [0.1, 0.15) is 0 Å². The van der Waals surface area contributed by atoms with Gasteiger partial charge in [0.05, 0.1) is 10.0 Å². The predicted molar refractivity (Wildman–Crippen MR) is 87.7 cm³/mol. The number of benzene rings is 1. The number of nitrogens with one attached hydrogen (secondary N) is 1. The Labute approximate surface area is 132 Å². The molecule has 1 aromatic rings. The number of hydrogen-bond acceptors (Lipinski definition) is 2. The first-order valence-electron chi connectivity index (χ1n) is 7.36. The average Bonchev–Trinajstić information content (AvgIpc) is 2.44. The van der Waals surface area contributed by atoms with Gasteiger partial charge in [0.25, 0.3) is 0 Å². The fraction of sp³-hybridized carbons (Fsp3) is 0.625. The van der Waals surface area contributed by atoms with E-state index in [1.54, 1.807) is 0 Å². The molecule has 0 radical (unpaired) electrons. The first-order valence-corrected chi connectivity index (χ1v) is 8.12. The third kappa shape index (κ3) is 3.67. The third-order valence-electron chi connectivity index (χ3n) is 4.53. The van der Waals surface area contributed by atoms with E-state index in [2.05, 4.69) is 24.3 Å². The number of hydrogen-bond donors (Lipinski definition) is 1. The van der Waals surface area contributed by atoms with Crippen LogP contribution < -0.4 is 5.32 Å². The van der Waals surface area contributed by atoms with Gasteiger partial charge < -0.3 is 10.2 Å². The van der Waals surface area contributed by atoms with Gasteiger partial charge in [-0.1, -0.05) is 54.6 Å². The van der Waals surface area contributed by atoms with Crippen LogP contribution in [-0.2, 0) is 6.54 Å². The summed E-state index contributed by atoms with van der Waals surface area (Å²) in [6, 6.07) is 5.81. The molecule has 0 saturated heterocycles. The molecule has 1 fully saturated rings. The van der Waals surface area contributed by atoms with Crippen molar-refractivity contribution in [3.05, 3.63) is 33.8 Å². The first-order chi connectivity index (χ1) is 9.55. The number of halogens is 2. The molecule has 0 aromatic heterocycles. The molecule has 2 nitrogen and oxygen atoms in total. The molecule has 0 atom stereocenters. The van der Waals surface area contributed by atoms with Gasteiger partial charge in [0.2, 0.25) is 0 Å². The molecule has 20 heavy (non-hydrogen) atoms. The molecule has 1 saturated carbocycles. The Morgan fingerprint density at radius 2 is 1.85 bits per heavy atom. The van der Waals surface area contributed by atoms with Crippen molar-refractivity contribution in [3.8, 4) is 0 Å². The average molecular weight is 315 g/mol. The van der Waals surface area contributed by atoms with Gasteiger partial charge in [-0.2, -0.15) is 0 Å². The maximum Gasteiger partial charge on any atom is 0.0637 e. The van der Waals surface area contributed by atoms with Crippen LogP contribution in [0.1, 0.15) is 37.7 Å². The normalized spacial score (nSPS) is 18.4. The summed E-state index contributed by atoms with van der Waals surface area (Å²) in [6.45, 7) is 1.78. The fourth-order valence-corrected chi connectivity index (χ4v) is 3.49. The molecule has 4 heteroatoms. The minimum atomic E-state index is 0.295. The van der Waals surface area contributed by atoms with Crippen molar-refractivity contribution < 1.29 is 0 Å². The van der Waals surface area contributed by atoms with Gasteiger partial charge >= 0.3 is 0 Å². The van der Waals surface area contributed by atoms with E-state index >= 15 is 0 Å². The summed E-state index contributed by atoms with van der Waals surface area (Å²) in [7, 11) is 4.39. The molecule has 0 unspecified atom stereocenters. The van der Waals surface area contributed by atoms with Gasteiger partial charge in [-0.25, -0.2) is 0 Å². The second kappa shape index (κ2) is 7.13. The van der Waals surface area contributed by atoms with Crippen LogP contribution >= 0.6 is 23.2 Å². The number of rotatable bonds is 5. The van der Waals surface area contributed by atoms with Crippen molar-refractivity contribution in [3.63, 3.8) is 0 Å². The van der Waals surface area contributed by atoms with E-state index in [1.807, 2.05) is 18.2 Å². The van der Waals surface area contributed by atoms with E-state index in [-0.39, 0.29) is 0 Å². The van der Waals surface area contributed by atoms with Crippen molar-refractivity contribution in [2.45, 2.75) is 44.2 Å². The molecule has 2 rings (SSSR count). The van der Waals surface area contributed by atoms with E-state index in [1.165, 1.54) is 32.1 Å². The predicted octanol–water partition coefficient (Wildman–Crippen LogP) is 4.35. The standard InChI is InChI=1S/C16H24Cl2N2/c1-20(2)16(9-4-3-5-10-16)12-19-11-13-7-6-8-14(17)15(13)18/h6-8,19H,3-5,9-12H2,1-2H3. The Kier molecular flexibility index (Phi) is 5.74. The molecule has 1 aromatic carbocycles. The lowest BCUT2D eigenvalue weighted by molar-refractivity contribution is 0.0984. The molecular formula is C16H24Cl2N2. The van der Waals surface area contributed by atoms with Crippen LogP contribution in [0, 0.1) is 0 Å². The van der Waals surface area contributed by atoms with E-state index in [9.17, 15) is 0 Å². The molecule has 0 aliphatic heterocycles. The highest BCUT2D eigenvalue weighted by atomic mass is 35.5. The van der Waals surface area contributed by atoms with Crippen LogP contribution in [0.15, 0.2) is 18.2 Å². The van der Waals surface area contributed by atoms with Crippen LogP contribution in [0.4, 0.5) is 0 Å². The van der Waals surface area contributed by atoms with Crippen molar-refractivity contribution in [2.75, 3.05) is 20.6 Å². The molecule has 1 aliphatic rings. The Hall–Kier alpha value is -0.280. The number of nitrogens with zero attached hydrogens (tertiary/aromatic N) is 1. The van der Waals surface area contributed by atoms with Crippen molar-refractivity contribution in [2.24, 2.45) is 0 Å². The summed E-state index contributed by atoms with van der Waals surface area (Å²) in [5.74, 6) is 0. The molecular weight excluding hydrogens is 291 g/mol. The Bertz CT molecular complexity index is 440. The summed E-state index contributed by atoms with van der Waals surface area (Å²) in [5.41, 5.74) is 1.37. The van der Waals surface area contributed by atoms with E-state index < -0.39 is 0 Å². The van der Waals surface area contributed by atoms with Crippen LogP contribution in [0.25, 0.3) is 0 Å². The quantitative estimate of drug-likeness (QED) is 0.869. The Morgan fingerprint density at radius 3 is 2.50 bits per heavy atom. The van der Waals surface area contributed by atoms with Gasteiger partial charge in [0, 0.05) is 18.6 Å². The lowest BCUT2D eigenvalue weighted by atomic mass is 9.80. The minimum absolute atomic E-state index is 0.295. The van der Waals surface area contributed by atoms with E-state index in [0.29, 0.717) is 15.6 Å². The lowest BCUT2D eigenvalue weighted by Gasteiger charge is -2.43. The molecule has 0 amide bonds. The second-order valence-corrected chi connectivity index (χ2v) is 6.78. The Morgan fingerprint density at radius 1 is 1.15 bits per heavy atom. The monoisotopic (exact) mass is 314 g/mol. The maximum atomic E-state index is 6.23. The van der Waals surface area contributed by atoms with Crippen LogP contribution in [0.3, 0.4) is 0 Å². The Balaban J connectivity index is 1.95. The highest BCUT2D eigenvalue weighted by molar-refractivity contribution is 6.42. The molecule has 0 heterocycles. The second-order valence-electron chi connectivity index (χ2n) is 6.00. The van der Waals surface area contributed by atoms with Crippen molar-refractivity contribution in [1.82, 2.24) is 10.2 Å². The summed E-state index contributed by atoms with van der Waals surface area (Å²) in [5, 5.41) is 4.88. The van der Waals surface area contributed by atoms with Crippen molar-refractivity contribution in [1.29, 1.82) is 0 Å². The largest absolute Gasteiger partial charge is 0.311 e. The van der Waals surface area contributed by atoms with Gasteiger partial charge in [-0.3, -0.25) is 0 Å². The molecule has 112 valence electrons. The summed E-state index contributed by atoms with van der Waals surface area (Å²) in [4.78, 5) is 2.39. The van der Waals surface area contributed by atoms with Gasteiger partial charge in [-0.05, 0) is 38.6 Å². The third-order valence-corrected chi connectivity index (χ3v) is 5.39. The highest BCUT2D eigenvalue weighted by Crippen LogP contribution is 2.32. The topological polar surface area (TPSA) is 15.3 Å². The van der Waals surface area contributed by atoms with E-state index in [0.717, 1.165) is 18.7 Å². The summed E-state index contributed by atoms with van der Waals surface area (Å²) in [6.07, 6.45) is 6.58. The van der Waals surface area contributed by atoms with Gasteiger partial charge in [-0.15, -0.1) is 0 Å². The van der Waals surface area contributed by atoms with Crippen molar-refractivity contribution >= 4 is 23.2 Å². The van der Waals surface area contributed by atoms with Crippen LogP contribution in [0.5, 0.6) is 0 Å².